The molecule has 0 aromatic carbocycles. The Bertz CT molecular complexity index is 410. The molecular formula is C12H17ClN2O3. The zero-order valence-corrected chi connectivity index (χ0v) is 11.2. The molecule has 6 heteroatoms. The van der Waals surface area contributed by atoms with Crippen molar-refractivity contribution in [3.05, 3.63) is 22.8 Å². The number of nitrogens with zero attached hydrogens (tertiary/aromatic N) is 1. The third kappa shape index (κ3) is 4.89. The van der Waals surface area contributed by atoms with Crippen LogP contribution in [0.25, 0.3) is 0 Å². The van der Waals surface area contributed by atoms with E-state index in [1.165, 1.54) is 6.07 Å². The molecule has 5 nitrogen and oxygen atoms in total. The maximum absolute atomic E-state index is 10.8. The summed E-state index contributed by atoms with van der Waals surface area (Å²) in [5.74, 6) is -0.165. The first kappa shape index (κ1) is 14.7. The molecule has 2 N–H and O–H groups in total. The highest BCUT2D eigenvalue weighted by molar-refractivity contribution is 6.33. The predicted molar refractivity (Wildman–Crippen MR) is 70.4 cm³/mol. The van der Waals surface area contributed by atoms with Gasteiger partial charge in [-0.25, -0.2) is 9.78 Å². The number of aromatic carboxylic acids is 1. The molecule has 0 spiro atoms. The Morgan fingerprint density at radius 3 is 2.89 bits per heavy atom. The van der Waals surface area contributed by atoms with Crippen LogP contribution in [0.2, 0.25) is 5.02 Å². The van der Waals surface area contributed by atoms with Gasteiger partial charge in [0.05, 0.1) is 11.6 Å². The highest BCUT2D eigenvalue weighted by Gasteiger charge is 2.10. The topological polar surface area (TPSA) is 71.5 Å². The van der Waals surface area contributed by atoms with Crippen LogP contribution in [-0.4, -0.2) is 35.8 Å². The third-order valence-corrected chi connectivity index (χ3v) is 2.36. The number of hydrogen-bond donors (Lipinski definition) is 2. The fourth-order valence-electron chi connectivity index (χ4n) is 1.26. The zero-order valence-electron chi connectivity index (χ0n) is 10.4. The van der Waals surface area contributed by atoms with Crippen LogP contribution in [0, 0.1) is 5.92 Å². The zero-order chi connectivity index (χ0) is 13.5. The van der Waals surface area contributed by atoms with Gasteiger partial charge in [0.1, 0.15) is 5.82 Å². The van der Waals surface area contributed by atoms with Gasteiger partial charge in [-0.3, -0.25) is 0 Å². The van der Waals surface area contributed by atoms with Gasteiger partial charge in [0.15, 0.2) is 5.69 Å². The number of halogens is 1. The highest BCUT2D eigenvalue weighted by atomic mass is 35.5. The van der Waals surface area contributed by atoms with Gasteiger partial charge < -0.3 is 15.2 Å². The van der Waals surface area contributed by atoms with Gasteiger partial charge in [-0.15, -0.1) is 0 Å². The Morgan fingerprint density at radius 2 is 2.28 bits per heavy atom. The Labute approximate surface area is 111 Å². The summed E-state index contributed by atoms with van der Waals surface area (Å²) in [6, 6.07) is 3.15. The number of carboxylic acids is 1. The molecular weight excluding hydrogens is 256 g/mol. The van der Waals surface area contributed by atoms with E-state index in [-0.39, 0.29) is 10.7 Å². The van der Waals surface area contributed by atoms with E-state index in [0.29, 0.717) is 31.5 Å². The SMILES string of the molecule is CC(C)COCCNc1ccc(Cl)c(C(=O)O)n1. The van der Waals surface area contributed by atoms with Crippen molar-refractivity contribution in [3.63, 3.8) is 0 Å². The summed E-state index contributed by atoms with van der Waals surface area (Å²) in [4.78, 5) is 14.7. The van der Waals surface area contributed by atoms with E-state index >= 15 is 0 Å². The van der Waals surface area contributed by atoms with E-state index < -0.39 is 5.97 Å². The summed E-state index contributed by atoms with van der Waals surface area (Å²) in [7, 11) is 0. The minimum atomic E-state index is -1.14. The Hall–Kier alpha value is -1.33. The van der Waals surface area contributed by atoms with Gasteiger partial charge in [-0.1, -0.05) is 25.4 Å². The molecule has 0 unspecified atom stereocenters. The van der Waals surface area contributed by atoms with Gasteiger partial charge in [-0.05, 0) is 18.1 Å². The lowest BCUT2D eigenvalue weighted by molar-refractivity contribution is 0.0691. The van der Waals surface area contributed by atoms with E-state index in [9.17, 15) is 4.79 Å². The lowest BCUT2D eigenvalue weighted by Gasteiger charge is -2.09. The van der Waals surface area contributed by atoms with Crippen molar-refractivity contribution in [2.45, 2.75) is 13.8 Å². The number of nitrogens with one attached hydrogen (secondary N) is 1. The van der Waals surface area contributed by atoms with E-state index in [2.05, 4.69) is 24.1 Å². The number of rotatable bonds is 7. The summed E-state index contributed by atoms with van der Waals surface area (Å²) in [6.07, 6.45) is 0. The minimum Gasteiger partial charge on any atom is -0.476 e. The number of carbonyl (C=O) groups is 1. The molecule has 0 saturated carbocycles. The molecule has 0 bridgehead atoms. The van der Waals surface area contributed by atoms with Crippen molar-refractivity contribution in [2.75, 3.05) is 25.1 Å². The lowest BCUT2D eigenvalue weighted by Crippen LogP contribution is -2.13. The molecule has 1 aromatic rings. The van der Waals surface area contributed by atoms with Crippen LogP contribution in [0.3, 0.4) is 0 Å². The lowest BCUT2D eigenvalue weighted by atomic mass is 10.2. The first-order valence-corrected chi connectivity index (χ1v) is 6.10. The molecule has 0 aliphatic carbocycles. The second-order valence-corrected chi connectivity index (χ2v) is 4.63. The molecule has 0 aliphatic heterocycles. The molecule has 0 fully saturated rings. The average Bonchev–Trinajstić information content (AvgIpc) is 2.30. The molecule has 1 heterocycles. The van der Waals surface area contributed by atoms with Gasteiger partial charge in [0, 0.05) is 13.2 Å². The predicted octanol–water partition coefficient (Wildman–Crippen LogP) is 2.52. The van der Waals surface area contributed by atoms with Crippen molar-refractivity contribution in [1.29, 1.82) is 0 Å². The minimum absolute atomic E-state index is 0.129. The first-order chi connectivity index (χ1) is 8.50. The molecule has 100 valence electrons. The summed E-state index contributed by atoms with van der Waals surface area (Å²) in [6.45, 7) is 5.97. The van der Waals surface area contributed by atoms with E-state index in [4.69, 9.17) is 21.4 Å². The van der Waals surface area contributed by atoms with E-state index in [0.717, 1.165) is 0 Å². The van der Waals surface area contributed by atoms with Gasteiger partial charge >= 0.3 is 5.97 Å². The van der Waals surface area contributed by atoms with E-state index in [1.54, 1.807) is 6.07 Å². The van der Waals surface area contributed by atoms with Gasteiger partial charge in [-0.2, -0.15) is 0 Å². The van der Waals surface area contributed by atoms with Gasteiger partial charge in [0.2, 0.25) is 0 Å². The summed E-state index contributed by atoms with van der Waals surface area (Å²) < 4.78 is 5.39. The van der Waals surface area contributed by atoms with Crippen molar-refractivity contribution in [3.8, 4) is 0 Å². The molecule has 1 rings (SSSR count). The molecule has 0 atom stereocenters. The Kier molecular flexibility index (Phi) is 5.88. The normalized spacial score (nSPS) is 10.7. The number of pyridine rings is 1. The van der Waals surface area contributed by atoms with Gasteiger partial charge in [0.25, 0.3) is 0 Å². The molecule has 1 aromatic heterocycles. The van der Waals surface area contributed by atoms with Crippen LogP contribution in [0.1, 0.15) is 24.3 Å². The smallest absolute Gasteiger partial charge is 0.356 e. The summed E-state index contributed by atoms with van der Waals surface area (Å²) in [5.41, 5.74) is -0.148. The standard InChI is InChI=1S/C12H17ClN2O3/c1-8(2)7-18-6-5-14-10-4-3-9(13)11(15-10)12(16)17/h3-4,8H,5-7H2,1-2H3,(H,14,15)(H,16,17). The number of anilines is 1. The van der Waals surface area contributed by atoms with Crippen molar-refractivity contribution >= 4 is 23.4 Å². The van der Waals surface area contributed by atoms with Crippen molar-refractivity contribution in [2.24, 2.45) is 5.92 Å². The average molecular weight is 273 g/mol. The summed E-state index contributed by atoms with van der Waals surface area (Å²) in [5, 5.41) is 12.0. The van der Waals surface area contributed by atoms with E-state index in [1.807, 2.05) is 0 Å². The number of carboxylic acid groups (broad SMARTS) is 1. The van der Waals surface area contributed by atoms with Crippen molar-refractivity contribution < 1.29 is 14.6 Å². The highest BCUT2D eigenvalue weighted by Crippen LogP contribution is 2.16. The maximum Gasteiger partial charge on any atom is 0.356 e. The Balaban J connectivity index is 2.43. The molecule has 0 radical (unpaired) electrons. The van der Waals surface area contributed by atoms with Crippen molar-refractivity contribution in [1.82, 2.24) is 4.98 Å². The fourth-order valence-corrected chi connectivity index (χ4v) is 1.45. The molecule has 0 saturated heterocycles. The third-order valence-electron chi connectivity index (χ3n) is 2.05. The van der Waals surface area contributed by atoms with Crippen LogP contribution < -0.4 is 5.32 Å². The fraction of sp³-hybridized carbons (Fsp3) is 0.500. The van der Waals surface area contributed by atoms with Crippen LogP contribution in [0.15, 0.2) is 12.1 Å². The second kappa shape index (κ2) is 7.18. The molecule has 0 amide bonds. The Morgan fingerprint density at radius 1 is 1.56 bits per heavy atom. The summed E-state index contributed by atoms with van der Waals surface area (Å²) >= 11 is 5.71. The van der Waals surface area contributed by atoms with Crippen LogP contribution in [0.4, 0.5) is 5.82 Å². The van der Waals surface area contributed by atoms with Crippen LogP contribution in [0.5, 0.6) is 0 Å². The molecule has 0 aliphatic rings. The largest absolute Gasteiger partial charge is 0.476 e. The van der Waals surface area contributed by atoms with Crippen LogP contribution in [-0.2, 0) is 4.74 Å². The maximum atomic E-state index is 10.8. The second-order valence-electron chi connectivity index (χ2n) is 4.23. The first-order valence-electron chi connectivity index (χ1n) is 5.72. The quantitative estimate of drug-likeness (QED) is 0.746. The number of aromatic nitrogens is 1. The molecule has 18 heavy (non-hydrogen) atoms. The number of ether oxygens (including phenoxy) is 1. The van der Waals surface area contributed by atoms with Crippen LogP contribution >= 0.6 is 11.6 Å². The monoisotopic (exact) mass is 272 g/mol. The number of hydrogen-bond acceptors (Lipinski definition) is 4.